The fourth-order valence-electron chi connectivity index (χ4n) is 1.78. The van der Waals surface area contributed by atoms with E-state index in [0.29, 0.717) is 32.6 Å². The lowest BCUT2D eigenvalue weighted by molar-refractivity contribution is -0.120. The molecule has 0 aliphatic rings. The van der Waals surface area contributed by atoms with Crippen LogP contribution in [0.1, 0.15) is 24.2 Å². The molecule has 21 heavy (non-hydrogen) atoms. The predicted molar refractivity (Wildman–Crippen MR) is 81.4 cm³/mol. The van der Waals surface area contributed by atoms with Crippen LogP contribution in [0.3, 0.4) is 0 Å². The van der Waals surface area contributed by atoms with Crippen LogP contribution in [-0.4, -0.2) is 44.8 Å². The molecule has 1 rings (SSSR count). The van der Waals surface area contributed by atoms with Crippen LogP contribution in [0, 0.1) is 6.92 Å². The second-order valence-corrected chi connectivity index (χ2v) is 4.69. The highest BCUT2D eigenvalue weighted by Crippen LogP contribution is 2.17. The Hall–Kier alpha value is -1.66. The Kier molecular flexibility index (Phi) is 8.38. The number of carbonyl (C=O) groups is 1. The first kappa shape index (κ1) is 17.4. The molecule has 2 N–H and O–H groups in total. The third-order valence-electron chi connectivity index (χ3n) is 2.93. The lowest BCUT2D eigenvalue weighted by Gasteiger charge is -2.12. The van der Waals surface area contributed by atoms with Gasteiger partial charge in [-0.15, -0.1) is 0 Å². The molecule has 0 saturated carbocycles. The number of aryl methyl sites for hydroxylation is 1. The normalized spacial score (nSPS) is 10.4. The van der Waals surface area contributed by atoms with Gasteiger partial charge in [-0.05, 0) is 25.5 Å². The molecule has 0 fully saturated rings. The third kappa shape index (κ3) is 7.06. The second-order valence-electron chi connectivity index (χ2n) is 4.69. The molecule has 6 heteroatoms. The van der Waals surface area contributed by atoms with Crippen molar-refractivity contribution < 1.29 is 14.3 Å². The SMILES string of the molecule is CNC(=O)CCCOc1ccc(C)nc1CNCCOC. The van der Waals surface area contributed by atoms with E-state index in [-0.39, 0.29) is 5.91 Å². The van der Waals surface area contributed by atoms with Crippen LogP contribution in [0.25, 0.3) is 0 Å². The van der Waals surface area contributed by atoms with Gasteiger partial charge in [0.2, 0.25) is 5.91 Å². The molecule has 0 saturated heterocycles. The van der Waals surface area contributed by atoms with Gasteiger partial charge < -0.3 is 20.1 Å². The van der Waals surface area contributed by atoms with E-state index in [2.05, 4.69) is 15.6 Å². The lowest BCUT2D eigenvalue weighted by Crippen LogP contribution is -2.20. The first-order valence-corrected chi connectivity index (χ1v) is 7.17. The van der Waals surface area contributed by atoms with E-state index < -0.39 is 0 Å². The number of carbonyl (C=O) groups excluding carboxylic acids is 1. The maximum absolute atomic E-state index is 11.1. The van der Waals surface area contributed by atoms with Crippen molar-refractivity contribution in [1.82, 2.24) is 15.6 Å². The average molecular weight is 295 g/mol. The Morgan fingerprint density at radius 2 is 2.14 bits per heavy atom. The molecule has 118 valence electrons. The van der Waals surface area contributed by atoms with Crippen LogP contribution in [0.5, 0.6) is 5.75 Å². The smallest absolute Gasteiger partial charge is 0.219 e. The molecule has 0 aliphatic carbocycles. The molecular formula is C15H25N3O3. The zero-order chi connectivity index (χ0) is 15.5. The molecule has 0 aromatic carbocycles. The zero-order valence-corrected chi connectivity index (χ0v) is 13.1. The van der Waals surface area contributed by atoms with Crippen LogP contribution in [-0.2, 0) is 16.1 Å². The highest BCUT2D eigenvalue weighted by atomic mass is 16.5. The van der Waals surface area contributed by atoms with Gasteiger partial charge in [0.05, 0.1) is 18.9 Å². The van der Waals surface area contributed by atoms with Gasteiger partial charge in [0, 0.05) is 39.4 Å². The highest BCUT2D eigenvalue weighted by Gasteiger charge is 2.06. The molecule has 0 unspecified atom stereocenters. The number of rotatable bonds is 10. The van der Waals surface area contributed by atoms with Crippen molar-refractivity contribution in [2.45, 2.75) is 26.3 Å². The number of aromatic nitrogens is 1. The zero-order valence-electron chi connectivity index (χ0n) is 13.1. The number of nitrogens with zero attached hydrogens (tertiary/aromatic N) is 1. The van der Waals surface area contributed by atoms with Crippen LogP contribution in [0.4, 0.5) is 0 Å². The summed E-state index contributed by atoms with van der Waals surface area (Å²) >= 11 is 0. The Morgan fingerprint density at radius 1 is 1.33 bits per heavy atom. The summed E-state index contributed by atoms with van der Waals surface area (Å²) in [6, 6.07) is 3.85. The Morgan fingerprint density at radius 3 is 2.86 bits per heavy atom. The minimum Gasteiger partial charge on any atom is -0.492 e. The van der Waals surface area contributed by atoms with Gasteiger partial charge in [-0.1, -0.05) is 0 Å². The number of amides is 1. The minimum atomic E-state index is 0.0297. The van der Waals surface area contributed by atoms with Gasteiger partial charge in [-0.3, -0.25) is 9.78 Å². The van der Waals surface area contributed by atoms with E-state index in [9.17, 15) is 4.79 Å². The Balaban J connectivity index is 2.46. The van der Waals surface area contributed by atoms with Gasteiger partial charge in [0.25, 0.3) is 0 Å². The minimum absolute atomic E-state index is 0.0297. The average Bonchev–Trinajstić information content (AvgIpc) is 2.49. The summed E-state index contributed by atoms with van der Waals surface area (Å²) in [5.74, 6) is 0.796. The molecule has 1 amide bonds. The van der Waals surface area contributed by atoms with Crippen molar-refractivity contribution in [3.8, 4) is 5.75 Å². The van der Waals surface area contributed by atoms with Crippen molar-refractivity contribution in [1.29, 1.82) is 0 Å². The van der Waals surface area contributed by atoms with E-state index in [1.54, 1.807) is 14.2 Å². The Labute approximate surface area is 126 Å². The van der Waals surface area contributed by atoms with Crippen molar-refractivity contribution in [3.63, 3.8) is 0 Å². The Bertz CT molecular complexity index is 438. The second kappa shape index (κ2) is 10.1. The van der Waals surface area contributed by atoms with E-state index in [1.165, 1.54) is 0 Å². The van der Waals surface area contributed by atoms with Crippen LogP contribution >= 0.6 is 0 Å². The summed E-state index contributed by atoms with van der Waals surface area (Å²) < 4.78 is 10.7. The van der Waals surface area contributed by atoms with Crippen molar-refractivity contribution >= 4 is 5.91 Å². The van der Waals surface area contributed by atoms with E-state index in [0.717, 1.165) is 23.7 Å². The summed E-state index contributed by atoms with van der Waals surface area (Å²) in [6.45, 7) is 4.52. The summed E-state index contributed by atoms with van der Waals surface area (Å²) in [5.41, 5.74) is 1.84. The van der Waals surface area contributed by atoms with Crippen molar-refractivity contribution in [3.05, 3.63) is 23.5 Å². The van der Waals surface area contributed by atoms with Gasteiger partial charge >= 0.3 is 0 Å². The maximum atomic E-state index is 11.1. The van der Waals surface area contributed by atoms with E-state index in [4.69, 9.17) is 9.47 Å². The molecule has 0 atom stereocenters. The molecular weight excluding hydrogens is 270 g/mol. The molecule has 1 aromatic heterocycles. The highest BCUT2D eigenvalue weighted by molar-refractivity contribution is 5.75. The van der Waals surface area contributed by atoms with Gasteiger partial charge in [-0.25, -0.2) is 0 Å². The largest absolute Gasteiger partial charge is 0.492 e. The van der Waals surface area contributed by atoms with Crippen LogP contribution in [0.2, 0.25) is 0 Å². The standard InChI is InChI=1S/C15H25N3O3/c1-12-6-7-14(21-9-4-5-15(19)16-2)13(18-12)11-17-8-10-20-3/h6-7,17H,4-5,8-11H2,1-3H3,(H,16,19). The number of nitrogens with one attached hydrogen (secondary N) is 2. The molecule has 0 radical (unpaired) electrons. The first-order chi connectivity index (χ1) is 10.2. The molecule has 1 heterocycles. The number of pyridine rings is 1. The fourth-order valence-corrected chi connectivity index (χ4v) is 1.78. The molecule has 1 aromatic rings. The third-order valence-corrected chi connectivity index (χ3v) is 2.93. The maximum Gasteiger partial charge on any atom is 0.219 e. The summed E-state index contributed by atoms with van der Waals surface area (Å²) in [6.07, 6.45) is 1.15. The summed E-state index contributed by atoms with van der Waals surface area (Å²) in [5, 5.41) is 5.85. The molecule has 0 aliphatic heterocycles. The number of hydrogen-bond donors (Lipinski definition) is 2. The van der Waals surface area contributed by atoms with Crippen LogP contribution in [0.15, 0.2) is 12.1 Å². The number of hydrogen-bond acceptors (Lipinski definition) is 5. The lowest BCUT2D eigenvalue weighted by atomic mass is 10.2. The topological polar surface area (TPSA) is 72.5 Å². The molecule has 0 bridgehead atoms. The van der Waals surface area contributed by atoms with Crippen molar-refractivity contribution in [2.24, 2.45) is 0 Å². The van der Waals surface area contributed by atoms with Crippen LogP contribution < -0.4 is 15.4 Å². The van der Waals surface area contributed by atoms with E-state index >= 15 is 0 Å². The fraction of sp³-hybridized carbons (Fsp3) is 0.600. The van der Waals surface area contributed by atoms with Gasteiger partial charge in [0.15, 0.2) is 0 Å². The first-order valence-electron chi connectivity index (χ1n) is 7.17. The van der Waals surface area contributed by atoms with Gasteiger partial charge in [0.1, 0.15) is 5.75 Å². The monoisotopic (exact) mass is 295 g/mol. The van der Waals surface area contributed by atoms with E-state index in [1.807, 2.05) is 19.1 Å². The molecule has 6 nitrogen and oxygen atoms in total. The quantitative estimate of drug-likeness (QED) is 0.631. The summed E-state index contributed by atoms with van der Waals surface area (Å²) in [4.78, 5) is 15.6. The summed E-state index contributed by atoms with van der Waals surface area (Å²) in [7, 11) is 3.31. The predicted octanol–water partition coefficient (Wildman–Crippen LogP) is 1.03. The van der Waals surface area contributed by atoms with Gasteiger partial charge in [-0.2, -0.15) is 0 Å². The van der Waals surface area contributed by atoms with Crippen molar-refractivity contribution in [2.75, 3.05) is 33.9 Å². The number of methoxy groups -OCH3 is 1. The molecule has 0 spiro atoms. The number of ether oxygens (including phenoxy) is 2.